The first-order chi connectivity index (χ1) is 17.0. The average Bonchev–Trinajstić information content (AvgIpc) is 2.84. The van der Waals surface area contributed by atoms with Crippen molar-refractivity contribution in [1.29, 1.82) is 0 Å². The molecule has 0 aliphatic rings. The van der Waals surface area contributed by atoms with Gasteiger partial charge in [-0.15, -0.1) is 0 Å². The van der Waals surface area contributed by atoms with Crippen molar-refractivity contribution < 1.29 is 9.59 Å². The number of anilines is 1. The van der Waals surface area contributed by atoms with Gasteiger partial charge in [0.2, 0.25) is 0 Å². The van der Waals surface area contributed by atoms with Crippen molar-refractivity contribution in [2.75, 3.05) is 19.0 Å². The second-order valence-electron chi connectivity index (χ2n) is 9.55. The maximum Gasteiger partial charge on any atom is 0.287 e. The fourth-order valence-corrected chi connectivity index (χ4v) is 3.55. The summed E-state index contributed by atoms with van der Waals surface area (Å²) in [7, 11) is 3.89. The highest BCUT2D eigenvalue weighted by molar-refractivity contribution is 6.34. The number of hydrazone groups is 1. The normalized spacial score (nSPS) is 11.9. The topological polar surface area (TPSA) is 73.8 Å². The Morgan fingerprint density at radius 3 is 2.08 bits per heavy atom. The minimum absolute atomic E-state index is 0.0396. The van der Waals surface area contributed by atoms with Crippen LogP contribution in [0.1, 0.15) is 47.8 Å². The highest BCUT2D eigenvalue weighted by Crippen LogP contribution is 2.22. The number of nitrogens with zero attached hydrogens (tertiary/aromatic N) is 2. The van der Waals surface area contributed by atoms with Gasteiger partial charge < -0.3 is 10.2 Å². The van der Waals surface area contributed by atoms with E-state index in [9.17, 15) is 9.59 Å². The van der Waals surface area contributed by atoms with Crippen LogP contribution in [0.4, 0.5) is 5.69 Å². The van der Waals surface area contributed by atoms with Crippen molar-refractivity contribution in [1.82, 2.24) is 10.7 Å². The van der Waals surface area contributed by atoms with Crippen LogP contribution in [0, 0.1) is 0 Å². The first-order valence-corrected chi connectivity index (χ1v) is 11.9. The van der Waals surface area contributed by atoms with Gasteiger partial charge in [-0.3, -0.25) is 9.59 Å². The molecular formula is C29H31ClN4O2. The Morgan fingerprint density at radius 1 is 0.889 bits per heavy atom. The maximum atomic E-state index is 13.0. The van der Waals surface area contributed by atoms with E-state index in [1.165, 1.54) is 5.56 Å². The van der Waals surface area contributed by atoms with Gasteiger partial charge in [-0.2, -0.15) is 5.10 Å². The minimum Gasteiger partial charge on any atom is -0.378 e. The van der Waals surface area contributed by atoms with Crippen LogP contribution >= 0.6 is 11.6 Å². The molecule has 36 heavy (non-hydrogen) atoms. The summed E-state index contributed by atoms with van der Waals surface area (Å²) in [6.45, 7) is 6.44. The van der Waals surface area contributed by atoms with Gasteiger partial charge in [-0.25, -0.2) is 5.43 Å². The van der Waals surface area contributed by atoms with Gasteiger partial charge in [0.15, 0.2) is 0 Å². The molecule has 2 N–H and O–H groups in total. The van der Waals surface area contributed by atoms with E-state index in [1.54, 1.807) is 36.6 Å². The number of amides is 2. The molecule has 0 aliphatic carbocycles. The lowest BCUT2D eigenvalue weighted by atomic mass is 9.87. The molecule has 0 unspecified atom stereocenters. The molecule has 0 saturated carbocycles. The fourth-order valence-electron chi connectivity index (χ4n) is 3.32. The summed E-state index contributed by atoms with van der Waals surface area (Å²) >= 11 is 6.17. The van der Waals surface area contributed by atoms with Crippen molar-refractivity contribution >= 4 is 41.4 Å². The van der Waals surface area contributed by atoms with Crippen LogP contribution in [-0.4, -0.2) is 32.1 Å². The van der Waals surface area contributed by atoms with Gasteiger partial charge in [0, 0.05) is 19.8 Å². The molecule has 6 nitrogen and oxygen atoms in total. The molecule has 0 spiro atoms. The van der Waals surface area contributed by atoms with E-state index in [0.29, 0.717) is 5.02 Å². The third-order valence-electron chi connectivity index (χ3n) is 5.49. The zero-order valence-electron chi connectivity index (χ0n) is 21.2. The smallest absolute Gasteiger partial charge is 0.287 e. The lowest BCUT2D eigenvalue weighted by Gasteiger charge is -2.18. The Hall–Kier alpha value is -3.90. The van der Waals surface area contributed by atoms with Gasteiger partial charge in [-0.1, -0.05) is 80.9 Å². The monoisotopic (exact) mass is 502 g/mol. The van der Waals surface area contributed by atoms with Crippen molar-refractivity contribution in [3.63, 3.8) is 0 Å². The number of benzene rings is 3. The number of rotatable bonds is 7. The van der Waals surface area contributed by atoms with E-state index < -0.39 is 11.8 Å². The summed E-state index contributed by atoms with van der Waals surface area (Å²) in [4.78, 5) is 27.8. The lowest BCUT2D eigenvalue weighted by Crippen LogP contribution is -2.33. The maximum absolute atomic E-state index is 13.0. The van der Waals surface area contributed by atoms with Crippen LogP contribution in [0.15, 0.2) is 83.6 Å². The molecule has 0 saturated heterocycles. The average molecular weight is 503 g/mol. The second kappa shape index (κ2) is 11.7. The van der Waals surface area contributed by atoms with Crippen LogP contribution in [0.5, 0.6) is 0 Å². The van der Waals surface area contributed by atoms with Crippen LogP contribution < -0.4 is 15.6 Å². The Balaban J connectivity index is 1.81. The largest absolute Gasteiger partial charge is 0.378 e. The van der Waals surface area contributed by atoms with Crippen LogP contribution in [-0.2, 0) is 10.2 Å². The third-order valence-corrected chi connectivity index (χ3v) is 5.82. The molecule has 0 fully saturated rings. The molecule has 3 rings (SSSR count). The van der Waals surface area contributed by atoms with Crippen LogP contribution in [0.25, 0.3) is 6.08 Å². The molecule has 0 aromatic heterocycles. The lowest BCUT2D eigenvalue weighted by molar-refractivity contribution is -0.117. The fraction of sp³-hybridized carbons (Fsp3) is 0.207. The number of carbonyl (C=O) groups excluding carboxylic acids is 2. The summed E-state index contributed by atoms with van der Waals surface area (Å²) < 4.78 is 0. The van der Waals surface area contributed by atoms with Crippen molar-refractivity contribution in [2.45, 2.75) is 26.2 Å². The predicted octanol–water partition coefficient (Wildman–Crippen LogP) is 5.62. The van der Waals surface area contributed by atoms with Crippen molar-refractivity contribution in [2.24, 2.45) is 5.10 Å². The van der Waals surface area contributed by atoms with E-state index in [1.807, 2.05) is 67.5 Å². The molecule has 7 heteroatoms. The van der Waals surface area contributed by atoms with E-state index in [-0.39, 0.29) is 16.7 Å². The Kier molecular flexibility index (Phi) is 8.67. The Labute approximate surface area is 217 Å². The molecule has 3 aromatic rings. The zero-order valence-corrected chi connectivity index (χ0v) is 21.9. The number of hydrogen-bond acceptors (Lipinski definition) is 4. The van der Waals surface area contributed by atoms with Gasteiger partial charge >= 0.3 is 0 Å². The summed E-state index contributed by atoms with van der Waals surface area (Å²) in [5, 5.41) is 7.05. The number of halogens is 1. The summed E-state index contributed by atoms with van der Waals surface area (Å²) in [6, 6.07) is 22.2. The van der Waals surface area contributed by atoms with Gasteiger partial charge in [0.1, 0.15) is 5.70 Å². The summed E-state index contributed by atoms with van der Waals surface area (Å²) in [5.74, 6) is -1.05. The van der Waals surface area contributed by atoms with Gasteiger partial charge in [0.05, 0.1) is 16.8 Å². The quantitative estimate of drug-likeness (QED) is 0.250. The molecule has 3 aromatic carbocycles. The molecule has 0 heterocycles. The van der Waals surface area contributed by atoms with Crippen molar-refractivity contribution in [3.8, 4) is 0 Å². The molecule has 0 radical (unpaired) electrons. The number of hydrogen-bond donors (Lipinski definition) is 2. The predicted molar refractivity (Wildman–Crippen MR) is 149 cm³/mol. The molecular weight excluding hydrogens is 472 g/mol. The SMILES string of the molecule is CN(C)c1ccc(/C=C(/NC(=O)c2ccccc2Cl)C(=O)NN=Cc2ccc(C(C)(C)C)cc2)cc1. The van der Waals surface area contributed by atoms with Crippen LogP contribution in [0.3, 0.4) is 0 Å². The Bertz CT molecular complexity index is 1270. The third kappa shape index (κ3) is 7.30. The highest BCUT2D eigenvalue weighted by Gasteiger charge is 2.16. The van der Waals surface area contributed by atoms with Gasteiger partial charge in [-0.05, 0) is 52.4 Å². The van der Waals surface area contributed by atoms with Gasteiger partial charge in [0.25, 0.3) is 11.8 Å². The molecule has 0 atom stereocenters. The molecule has 2 amide bonds. The van der Waals surface area contributed by atoms with E-state index >= 15 is 0 Å². The highest BCUT2D eigenvalue weighted by atomic mass is 35.5. The van der Waals surface area contributed by atoms with Crippen molar-refractivity contribution in [3.05, 3.63) is 106 Å². The summed E-state index contributed by atoms with van der Waals surface area (Å²) in [6.07, 6.45) is 3.15. The van der Waals surface area contributed by atoms with E-state index in [2.05, 4.69) is 36.6 Å². The minimum atomic E-state index is -0.561. The number of nitrogens with one attached hydrogen (secondary N) is 2. The standard InChI is InChI=1S/C29H31ClN4O2/c1-29(2,3)22-14-10-21(11-15-22)19-31-33-28(36)26(18-20-12-16-23(17-13-20)34(4)5)32-27(35)24-8-6-7-9-25(24)30/h6-19H,1-5H3,(H,32,35)(H,33,36)/b26-18+,31-19?. The number of carbonyl (C=O) groups is 2. The summed E-state index contributed by atoms with van der Waals surface area (Å²) in [5.41, 5.74) is 6.66. The second-order valence-corrected chi connectivity index (χ2v) is 9.96. The molecule has 0 bridgehead atoms. The molecule has 186 valence electrons. The van der Waals surface area contributed by atoms with E-state index in [0.717, 1.165) is 16.8 Å². The van der Waals surface area contributed by atoms with E-state index in [4.69, 9.17) is 11.6 Å². The molecule has 0 aliphatic heterocycles. The van der Waals surface area contributed by atoms with Crippen LogP contribution in [0.2, 0.25) is 5.02 Å². The first-order valence-electron chi connectivity index (χ1n) is 11.5. The zero-order chi connectivity index (χ0) is 26.3. The Morgan fingerprint density at radius 2 is 1.50 bits per heavy atom. The first kappa shape index (κ1) is 26.7.